The number of rotatable bonds is 0. The first kappa shape index (κ1) is 14.4. The van der Waals surface area contributed by atoms with E-state index in [1.807, 2.05) is 0 Å². The molecule has 106 valence electrons. The minimum Gasteiger partial charge on any atom is -0.412 e. The van der Waals surface area contributed by atoms with E-state index in [-0.39, 0.29) is 5.48 Å². The van der Waals surface area contributed by atoms with Crippen LogP contribution >= 0.6 is 0 Å². The average Bonchev–Trinajstić information content (AvgIpc) is 2.30. The van der Waals surface area contributed by atoms with Crippen molar-refractivity contribution in [2.75, 3.05) is 0 Å². The van der Waals surface area contributed by atoms with Crippen molar-refractivity contribution in [3.05, 3.63) is 0 Å². The van der Waals surface area contributed by atoms with Crippen LogP contribution in [-0.4, -0.2) is 5.48 Å². The molecule has 0 aromatic rings. The summed E-state index contributed by atoms with van der Waals surface area (Å²) >= 11 is 0. The molecule has 7 atom stereocenters. The lowest BCUT2D eigenvalue weighted by atomic mass is 9.53. The fourth-order valence-electron chi connectivity index (χ4n) is 5.62. The molecule has 3 rings (SSSR count). The third kappa shape index (κ3) is 2.48. The van der Waals surface area contributed by atoms with Gasteiger partial charge in [0.15, 0.2) is 0 Å². The Morgan fingerprint density at radius 3 is 2.06 bits per heavy atom. The summed E-state index contributed by atoms with van der Waals surface area (Å²) < 4.78 is 0. The highest BCUT2D eigenvalue weighted by molar-refractivity contribution is 4.95. The van der Waals surface area contributed by atoms with Crippen molar-refractivity contribution >= 4 is 0 Å². The van der Waals surface area contributed by atoms with E-state index >= 15 is 0 Å². The fraction of sp³-hybridized carbons (Fsp3) is 1.00. The van der Waals surface area contributed by atoms with E-state index in [0.29, 0.717) is 0 Å². The van der Waals surface area contributed by atoms with Gasteiger partial charge in [-0.3, -0.25) is 0 Å². The highest BCUT2D eigenvalue weighted by atomic mass is 16.0. The quantitative estimate of drug-likeness (QED) is 0.615. The van der Waals surface area contributed by atoms with Crippen LogP contribution in [0.2, 0.25) is 0 Å². The second kappa shape index (κ2) is 5.53. The molecule has 3 aliphatic rings. The van der Waals surface area contributed by atoms with Crippen molar-refractivity contribution in [2.24, 2.45) is 41.4 Å². The first-order valence-corrected chi connectivity index (χ1v) is 8.15. The maximum Gasteiger partial charge on any atom is -0.0355 e. The zero-order valence-corrected chi connectivity index (χ0v) is 12.5. The highest BCUT2D eigenvalue weighted by Crippen LogP contribution is 2.54. The van der Waals surface area contributed by atoms with Crippen LogP contribution in [-0.2, 0) is 0 Å². The molecular weight excluding hydrogens is 220 g/mol. The Balaban J connectivity index is 0.00000120. The fourth-order valence-corrected chi connectivity index (χ4v) is 5.62. The van der Waals surface area contributed by atoms with Crippen molar-refractivity contribution in [1.82, 2.24) is 0 Å². The van der Waals surface area contributed by atoms with Crippen LogP contribution in [0.5, 0.6) is 0 Å². The Morgan fingerprint density at radius 1 is 0.611 bits per heavy atom. The second-order valence-corrected chi connectivity index (χ2v) is 7.78. The van der Waals surface area contributed by atoms with Gasteiger partial charge in [-0.25, -0.2) is 0 Å². The zero-order chi connectivity index (χ0) is 12.0. The van der Waals surface area contributed by atoms with Crippen LogP contribution in [0.15, 0.2) is 0 Å². The number of hydrogen-bond acceptors (Lipinski definition) is 0. The molecular formula is C17H32O. The Hall–Kier alpha value is -0.0400. The maximum atomic E-state index is 2.60. The van der Waals surface area contributed by atoms with Crippen molar-refractivity contribution < 1.29 is 5.48 Å². The van der Waals surface area contributed by atoms with Crippen molar-refractivity contribution in [3.8, 4) is 0 Å². The van der Waals surface area contributed by atoms with Crippen molar-refractivity contribution in [2.45, 2.75) is 65.7 Å². The molecule has 3 saturated carbocycles. The van der Waals surface area contributed by atoms with Crippen LogP contribution in [0.1, 0.15) is 65.7 Å². The largest absolute Gasteiger partial charge is 0.412 e. The van der Waals surface area contributed by atoms with Gasteiger partial charge in [0, 0.05) is 0 Å². The van der Waals surface area contributed by atoms with Crippen molar-refractivity contribution in [3.63, 3.8) is 0 Å². The van der Waals surface area contributed by atoms with E-state index in [1.54, 1.807) is 32.1 Å². The molecule has 2 N–H and O–H groups in total. The van der Waals surface area contributed by atoms with Gasteiger partial charge < -0.3 is 5.48 Å². The van der Waals surface area contributed by atoms with Gasteiger partial charge in [-0.15, -0.1) is 0 Å². The van der Waals surface area contributed by atoms with Crippen LogP contribution in [0, 0.1) is 41.4 Å². The molecule has 7 unspecified atom stereocenters. The summed E-state index contributed by atoms with van der Waals surface area (Å²) in [4.78, 5) is 0. The van der Waals surface area contributed by atoms with E-state index in [2.05, 4.69) is 20.8 Å². The number of fused-ring (bicyclic) bond motifs is 2. The predicted molar refractivity (Wildman–Crippen MR) is 77.4 cm³/mol. The molecule has 18 heavy (non-hydrogen) atoms. The van der Waals surface area contributed by atoms with E-state index in [9.17, 15) is 0 Å². The van der Waals surface area contributed by atoms with E-state index in [4.69, 9.17) is 0 Å². The van der Waals surface area contributed by atoms with Gasteiger partial charge in [0.2, 0.25) is 0 Å². The summed E-state index contributed by atoms with van der Waals surface area (Å²) in [5.74, 6) is 7.46. The van der Waals surface area contributed by atoms with Crippen LogP contribution in [0.4, 0.5) is 0 Å². The average molecular weight is 252 g/mol. The summed E-state index contributed by atoms with van der Waals surface area (Å²) in [6.07, 6.45) is 10.8. The van der Waals surface area contributed by atoms with Gasteiger partial charge in [-0.1, -0.05) is 33.6 Å². The molecule has 3 fully saturated rings. The third-order valence-corrected chi connectivity index (χ3v) is 6.57. The van der Waals surface area contributed by atoms with Crippen LogP contribution in [0.3, 0.4) is 0 Å². The lowest BCUT2D eigenvalue weighted by molar-refractivity contribution is -0.0232. The van der Waals surface area contributed by atoms with E-state index in [1.165, 1.54) is 12.8 Å². The van der Waals surface area contributed by atoms with E-state index < -0.39 is 0 Å². The standard InChI is InChI=1S/C17H30.H2O/c1-11-5-7-16-13(3)17-9-12(2)4-6-14(17)10-15(16)8-11;/h11-17H,4-10H2,1-3H3;1H2. The molecule has 0 radical (unpaired) electrons. The smallest absolute Gasteiger partial charge is 0.0355 e. The maximum absolute atomic E-state index is 2.60. The molecule has 0 aliphatic heterocycles. The van der Waals surface area contributed by atoms with Crippen molar-refractivity contribution in [1.29, 1.82) is 0 Å². The summed E-state index contributed by atoms with van der Waals surface area (Å²) in [5.41, 5.74) is 0. The molecule has 0 amide bonds. The van der Waals surface area contributed by atoms with Crippen LogP contribution < -0.4 is 0 Å². The summed E-state index contributed by atoms with van der Waals surface area (Å²) in [6, 6.07) is 0. The first-order valence-electron chi connectivity index (χ1n) is 8.15. The Labute approximate surface area is 113 Å². The molecule has 1 nitrogen and oxygen atoms in total. The minimum atomic E-state index is 0. The molecule has 0 bridgehead atoms. The van der Waals surface area contributed by atoms with Gasteiger partial charge in [0.1, 0.15) is 0 Å². The lowest BCUT2D eigenvalue weighted by Crippen LogP contribution is -2.43. The summed E-state index contributed by atoms with van der Waals surface area (Å²) in [5, 5.41) is 0. The Morgan fingerprint density at radius 2 is 1.28 bits per heavy atom. The monoisotopic (exact) mass is 252 g/mol. The minimum absolute atomic E-state index is 0. The molecule has 0 heterocycles. The van der Waals surface area contributed by atoms with Gasteiger partial charge >= 0.3 is 0 Å². The van der Waals surface area contributed by atoms with Gasteiger partial charge in [-0.05, 0) is 73.5 Å². The lowest BCUT2D eigenvalue weighted by Gasteiger charge is -2.52. The number of hydrogen-bond donors (Lipinski definition) is 0. The predicted octanol–water partition coefficient (Wildman–Crippen LogP) is 4.31. The highest BCUT2D eigenvalue weighted by Gasteiger charge is 2.45. The summed E-state index contributed by atoms with van der Waals surface area (Å²) in [7, 11) is 0. The topological polar surface area (TPSA) is 31.5 Å². The third-order valence-electron chi connectivity index (χ3n) is 6.57. The van der Waals surface area contributed by atoms with Gasteiger partial charge in [-0.2, -0.15) is 0 Å². The Kier molecular flexibility index (Phi) is 4.41. The van der Waals surface area contributed by atoms with Gasteiger partial charge in [0.25, 0.3) is 0 Å². The molecule has 0 saturated heterocycles. The molecule has 0 aromatic heterocycles. The first-order chi connectivity index (χ1) is 8.15. The molecule has 0 spiro atoms. The molecule has 1 heteroatoms. The summed E-state index contributed by atoms with van der Waals surface area (Å²) in [6.45, 7) is 7.57. The Bertz CT molecular complexity index is 275. The van der Waals surface area contributed by atoms with E-state index in [0.717, 1.165) is 41.4 Å². The SMILES string of the molecule is CC1CCC2C(C1)CC1CCC(C)CC1C2C.O. The normalized spacial score (nSPS) is 51.8. The molecule has 0 aromatic carbocycles. The molecule has 3 aliphatic carbocycles. The van der Waals surface area contributed by atoms with Gasteiger partial charge in [0.05, 0.1) is 0 Å². The van der Waals surface area contributed by atoms with Crippen LogP contribution in [0.25, 0.3) is 0 Å². The zero-order valence-electron chi connectivity index (χ0n) is 12.5. The second-order valence-electron chi connectivity index (χ2n) is 7.78.